The Hall–Kier alpha value is -1.06. The van der Waals surface area contributed by atoms with Crippen LogP contribution >= 0.6 is 11.6 Å². The van der Waals surface area contributed by atoms with Crippen molar-refractivity contribution in [1.82, 2.24) is 9.55 Å². The highest BCUT2D eigenvalue weighted by atomic mass is 35.5. The van der Waals surface area contributed by atoms with Crippen LogP contribution in [0.4, 0.5) is 0 Å². The molecule has 2 rings (SSSR count). The molecular weight excluding hydrogens is 248 g/mol. The van der Waals surface area contributed by atoms with E-state index in [1.54, 1.807) is 0 Å². The second-order valence-electron chi connectivity index (χ2n) is 4.68. The van der Waals surface area contributed by atoms with Gasteiger partial charge in [0.2, 0.25) is 0 Å². The molecule has 18 heavy (non-hydrogen) atoms. The third kappa shape index (κ3) is 2.68. The largest absolute Gasteiger partial charge is 0.377 e. The number of imidazole rings is 1. The number of rotatable bonds is 5. The van der Waals surface area contributed by atoms with Crippen molar-refractivity contribution in [1.29, 1.82) is 0 Å². The molecule has 0 amide bonds. The zero-order valence-corrected chi connectivity index (χ0v) is 11.9. The Bertz CT molecular complexity index is 534. The van der Waals surface area contributed by atoms with Gasteiger partial charge in [0.15, 0.2) is 0 Å². The van der Waals surface area contributed by atoms with Gasteiger partial charge in [-0.2, -0.15) is 0 Å². The van der Waals surface area contributed by atoms with Crippen LogP contribution in [0.25, 0.3) is 11.0 Å². The van der Waals surface area contributed by atoms with Crippen LogP contribution in [0, 0.1) is 6.92 Å². The normalized spacial score (nSPS) is 11.6. The maximum absolute atomic E-state index is 5.97. The maximum Gasteiger partial charge on any atom is 0.124 e. The Morgan fingerprint density at radius 2 is 2.17 bits per heavy atom. The topological polar surface area (TPSA) is 27.1 Å². The predicted octanol–water partition coefficient (Wildman–Crippen LogP) is 3.51. The lowest BCUT2D eigenvalue weighted by molar-refractivity contribution is 0.0729. The van der Waals surface area contributed by atoms with Crippen molar-refractivity contribution in [3.63, 3.8) is 0 Å². The number of para-hydroxylation sites is 1. The first-order chi connectivity index (χ1) is 8.63. The number of nitrogens with zero attached hydrogens (tertiary/aromatic N) is 2. The molecule has 2 aromatic rings. The summed E-state index contributed by atoms with van der Waals surface area (Å²) in [6.07, 6.45) is 0.250. The SMILES string of the molecule is Cc1cccc2nc(CCl)n(CCOC(C)C)c12. The average molecular weight is 267 g/mol. The first-order valence-electron chi connectivity index (χ1n) is 6.25. The van der Waals surface area contributed by atoms with Crippen LogP contribution in [-0.4, -0.2) is 22.3 Å². The molecule has 98 valence electrons. The molecule has 0 radical (unpaired) electrons. The van der Waals surface area contributed by atoms with Gasteiger partial charge in [0, 0.05) is 6.54 Å². The molecule has 1 aromatic carbocycles. The standard InChI is InChI=1S/C14H19ClN2O/c1-10(2)18-8-7-17-13(9-15)16-12-6-4-5-11(3)14(12)17/h4-6,10H,7-9H2,1-3H3. The minimum Gasteiger partial charge on any atom is -0.377 e. The second-order valence-corrected chi connectivity index (χ2v) is 4.94. The summed E-state index contributed by atoms with van der Waals surface area (Å²) >= 11 is 5.97. The number of benzene rings is 1. The van der Waals surface area contributed by atoms with Gasteiger partial charge in [0.1, 0.15) is 5.82 Å². The first kappa shape index (κ1) is 13.4. The van der Waals surface area contributed by atoms with Gasteiger partial charge in [-0.05, 0) is 32.4 Å². The van der Waals surface area contributed by atoms with Crippen LogP contribution in [0.15, 0.2) is 18.2 Å². The summed E-state index contributed by atoms with van der Waals surface area (Å²) in [5, 5.41) is 0. The Balaban J connectivity index is 2.34. The Kier molecular flexibility index (Phi) is 4.25. The molecule has 3 nitrogen and oxygen atoms in total. The van der Waals surface area contributed by atoms with E-state index < -0.39 is 0 Å². The highest BCUT2D eigenvalue weighted by Crippen LogP contribution is 2.21. The lowest BCUT2D eigenvalue weighted by Gasteiger charge is -2.11. The van der Waals surface area contributed by atoms with Gasteiger partial charge in [0.25, 0.3) is 0 Å². The third-order valence-electron chi connectivity index (χ3n) is 2.93. The molecule has 0 saturated carbocycles. The molecule has 0 aliphatic heterocycles. The number of halogens is 1. The molecular formula is C14H19ClN2O. The quantitative estimate of drug-likeness (QED) is 0.775. The molecule has 1 aromatic heterocycles. The van der Waals surface area contributed by atoms with Crippen LogP contribution in [0.2, 0.25) is 0 Å². The fraction of sp³-hybridized carbons (Fsp3) is 0.500. The summed E-state index contributed by atoms with van der Waals surface area (Å²) in [4.78, 5) is 4.57. The molecule has 0 saturated heterocycles. The number of hydrogen-bond acceptors (Lipinski definition) is 2. The summed E-state index contributed by atoms with van der Waals surface area (Å²) in [5.74, 6) is 1.34. The number of hydrogen-bond donors (Lipinski definition) is 0. The molecule has 0 spiro atoms. The van der Waals surface area contributed by atoms with Crippen molar-refractivity contribution in [3.05, 3.63) is 29.6 Å². The molecule has 4 heteroatoms. The highest BCUT2D eigenvalue weighted by molar-refractivity contribution is 6.16. The van der Waals surface area contributed by atoms with Crippen molar-refractivity contribution in [3.8, 4) is 0 Å². The van der Waals surface area contributed by atoms with Gasteiger partial charge in [-0.15, -0.1) is 11.6 Å². The van der Waals surface area contributed by atoms with Crippen molar-refractivity contribution in [2.24, 2.45) is 0 Å². The maximum atomic E-state index is 5.97. The Labute approximate surface area is 113 Å². The van der Waals surface area contributed by atoms with E-state index in [-0.39, 0.29) is 6.10 Å². The molecule has 1 heterocycles. The van der Waals surface area contributed by atoms with Gasteiger partial charge < -0.3 is 9.30 Å². The molecule has 0 N–H and O–H groups in total. The average Bonchev–Trinajstić information content (AvgIpc) is 2.68. The lowest BCUT2D eigenvalue weighted by atomic mass is 10.2. The van der Waals surface area contributed by atoms with E-state index in [0.29, 0.717) is 12.5 Å². The summed E-state index contributed by atoms with van der Waals surface area (Å²) < 4.78 is 7.78. The van der Waals surface area contributed by atoms with Crippen LogP contribution in [0.3, 0.4) is 0 Å². The Morgan fingerprint density at radius 3 is 2.83 bits per heavy atom. The number of fused-ring (bicyclic) bond motifs is 1. The summed E-state index contributed by atoms with van der Waals surface area (Å²) in [5.41, 5.74) is 3.40. The summed E-state index contributed by atoms with van der Waals surface area (Å²) in [7, 11) is 0. The van der Waals surface area contributed by atoms with E-state index >= 15 is 0 Å². The van der Waals surface area contributed by atoms with E-state index in [9.17, 15) is 0 Å². The van der Waals surface area contributed by atoms with Gasteiger partial charge in [-0.1, -0.05) is 12.1 Å². The van der Waals surface area contributed by atoms with Gasteiger partial charge in [0.05, 0.1) is 29.6 Å². The van der Waals surface area contributed by atoms with E-state index in [1.165, 1.54) is 11.1 Å². The fourth-order valence-electron chi connectivity index (χ4n) is 2.14. The van der Waals surface area contributed by atoms with E-state index in [1.807, 2.05) is 26.0 Å². The molecule has 0 fully saturated rings. The minimum atomic E-state index is 0.250. The highest BCUT2D eigenvalue weighted by Gasteiger charge is 2.11. The number of aromatic nitrogens is 2. The zero-order chi connectivity index (χ0) is 13.1. The van der Waals surface area contributed by atoms with Crippen molar-refractivity contribution < 1.29 is 4.74 Å². The van der Waals surface area contributed by atoms with Crippen molar-refractivity contribution >= 4 is 22.6 Å². The van der Waals surface area contributed by atoms with Crippen molar-refractivity contribution in [2.45, 2.75) is 39.3 Å². The minimum absolute atomic E-state index is 0.250. The van der Waals surface area contributed by atoms with Crippen LogP contribution in [-0.2, 0) is 17.2 Å². The van der Waals surface area contributed by atoms with Gasteiger partial charge >= 0.3 is 0 Å². The third-order valence-corrected chi connectivity index (χ3v) is 3.17. The van der Waals surface area contributed by atoms with E-state index in [0.717, 1.165) is 17.9 Å². The smallest absolute Gasteiger partial charge is 0.124 e. The zero-order valence-electron chi connectivity index (χ0n) is 11.1. The van der Waals surface area contributed by atoms with Crippen LogP contribution < -0.4 is 0 Å². The fourth-order valence-corrected chi connectivity index (χ4v) is 2.34. The summed E-state index contributed by atoms with van der Waals surface area (Å²) in [6, 6.07) is 6.15. The summed E-state index contributed by atoms with van der Waals surface area (Å²) in [6.45, 7) is 7.66. The van der Waals surface area contributed by atoms with E-state index in [2.05, 4.69) is 22.5 Å². The monoisotopic (exact) mass is 266 g/mol. The number of ether oxygens (including phenoxy) is 1. The molecule has 0 aliphatic carbocycles. The van der Waals surface area contributed by atoms with Crippen molar-refractivity contribution in [2.75, 3.05) is 6.61 Å². The van der Waals surface area contributed by atoms with Crippen LogP contribution in [0.1, 0.15) is 25.2 Å². The van der Waals surface area contributed by atoms with Gasteiger partial charge in [-0.3, -0.25) is 0 Å². The predicted molar refractivity (Wildman–Crippen MR) is 75.1 cm³/mol. The first-order valence-corrected chi connectivity index (χ1v) is 6.79. The molecule has 0 unspecified atom stereocenters. The van der Waals surface area contributed by atoms with E-state index in [4.69, 9.17) is 16.3 Å². The Morgan fingerprint density at radius 1 is 1.39 bits per heavy atom. The van der Waals surface area contributed by atoms with Crippen LogP contribution in [0.5, 0.6) is 0 Å². The lowest BCUT2D eigenvalue weighted by Crippen LogP contribution is -2.12. The number of aryl methyl sites for hydroxylation is 1. The molecule has 0 aliphatic rings. The number of alkyl halides is 1. The second kappa shape index (κ2) is 5.72. The molecule has 0 bridgehead atoms. The molecule has 0 atom stereocenters. The van der Waals surface area contributed by atoms with Gasteiger partial charge in [-0.25, -0.2) is 4.98 Å².